The van der Waals surface area contributed by atoms with Crippen LogP contribution in [0, 0.1) is 20.8 Å². The van der Waals surface area contributed by atoms with Crippen molar-refractivity contribution in [1.29, 1.82) is 0 Å². The van der Waals surface area contributed by atoms with E-state index in [9.17, 15) is 0 Å². The van der Waals surface area contributed by atoms with Crippen molar-refractivity contribution in [3.8, 4) is 17.2 Å². The predicted molar refractivity (Wildman–Crippen MR) is 99.7 cm³/mol. The molecular formula is C21H21N4+. The Labute approximate surface area is 147 Å². The smallest absolute Gasteiger partial charge is 0.251 e. The van der Waals surface area contributed by atoms with E-state index in [-0.39, 0.29) is 0 Å². The van der Waals surface area contributed by atoms with Crippen LogP contribution in [0.1, 0.15) is 17.0 Å². The number of aromatic nitrogens is 4. The van der Waals surface area contributed by atoms with Crippen molar-refractivity contribution in [2.75, 3.05) is 0 Å². The van der Waals surface area contributed by atoms with Crippen LogP contribution in [0.3, 0.4) is 0 Å². The van der Waals surface area contributed by atoms with E-state index in [1.54, 1.807) is 0 Å². The summed E-state index contributed by atoms with van der Waals surface area (Å²) in [6.07, 6.45) is 1.83. The largest absolute Gasteiger partial charge is 0.296 e. The number of hydrogen-bond donors (Lipinski definition) is 0. The minimum atomic E-state index is 0.876. The molecule has 0 bridgehead atoms. The Morgan fingerprint density at radius 2 is 1.64 bits per heavy atom. The van der Waals surface area contributed by atoms with E-state index in [0.717, 1.165) is 28.5 Å². The van der Waals surface area contributed by atoms with E-state index < -0.39 is 0 Å². The maximum Gasteiger partial charge on any atom is 0.296 e. The Kier molecular flexibility index (Phi) is 3.61. The minimum Gasteiger partial charge on any atom is -0.251 e. The third-order valence-electron chi connectivity index (χ3n) is 4.65. The molecular weight excluding hydrogens is 308 g/mol. The lowest BCUT2D eigenvalue weighted by molar-refractivity contribution is -0.633. The molecule has 124 valence electrons. The first kappa shape index (κ1) is 15.5. The Bertz CT molecular complexity index is 1090. The fourth-order valence-corrected chi connectivity index (χ4v) is 3.47. The van der Waals surface area contributed by atoms with Crippen molar-refractivity contribution in [3.63, 3.8) is 0 Å². The third-order valence-corrected chi connectivity index (χ3v) is 4.65. The summed E-state index contributed by atoms with van der Waals surface area (Å²) in [5.74, 6) is 1.99. The minimum absolute atomic E-state index is 0.876. The second-order valence-electron chi connectivity index (χ2n) is 6.44. The highest BCUT2D eigenvalue weighted by molar-refractivity contribution is 5.79. The van der Waals surface area contributed by atoms with Crippen molar-refractivity contribution < 1.29 is 4.57 Å². The molecule has 25 heavy (non-hydrogen) atoms. The van der Waals surface area contributed by atoms with Crippen LogP contribution in [0.25, 0.3) is 28.2 Å². The van der Waals surface area contributed by atoms with Crippen LogP contribution in [0.15, 0.2) is 54.7 Å². The molecule has 4 aromatic rings. The molecule has 0 aliphatic rings. The van der Waals surface area contributed by atoms with E-state index in [2.05, 4.69) is 76.6 Å². The van der Waals surface area contributed by atoms with Gasteiger partial charge in [-0.05, 0) is 44.5 Å². The molecule has 0 saturated carbocycles. The third kappa shape index (κ3) is 2.41. The second kappa shape index (κ2) is 5.81. The average Bonchev–Trinajstić information content (AvgIpc) is 2.89. The van der Waals surface area contributed by atoms with E-state index in [1.165, 1.54) is 16.6 Å². The summed E-state index contributed by atoms with van der Waals surface area (Å²) in [5, 5.41) is 0. The molecule has 0 aliphatic carbocycles. The first-order valence-electron chi connectivity index (χ1n) is 8.44. The molecule has 2 heterocycles. The van der Waals surface area contributed by atoms with Crippen LogP contribution < -0.4 is 4.57 Å². The zero-order valence-corrected chi connectivity index (χ0v) is 15.0. The van der Waals surface area contributed by atoms with Gasteiger partial charge in [0.05, 0.1) is 24.5 Å². The van der Waals surface area contributed by atoms with Crippen molar-refractivity contribution in [1.82, 2.24) is 14.5 Å². The van der Waals surface area contributed by atoms with Crippen LogP contribution in [-0.2, 0) is 7.05 Å². The predicted octanol–water partition coefficient (Wildman–Crippen LogP) is 3.84. The number of rotatable bonds is 2. The van der Waals surface area contributed by atoms with Crippen molar-refractivity contribution >= 4 is 11.0 Å². The molecule has 0 amide bonds. The summed E-state index contributed by atoms with van der Waals surface area (Å²) in [4.78, 5) is 9.35. The molecule has 4 heteroatoms. The van der Waals surface area contributed by atoms with Gasteiger partial charge in [0.1, 0.15) is 5.69 Å². The maximum absolute atomic E-state index is 4.71. The fourth-order valence-electron chi connectivity index (χ4n) is 3.47. The van der Waals surface area contributed by atoms with Gasteiger partial charge >= 0.3 is 0 Å². The van der Waals surface area contributed by atoms with Gasteiger partial charge in [-0.25, -0.2) is 9.55 Å². The SMILES string of the molecule is Cc1cnc(-n2c(-c3ccccc3C)[n+](C)c3ccccc32)c(C)n1. The van der Waals surface area contributed by atoms with Crippen LogP contribution in [-0.4, -0.2) is 14.5 Å². The number of para-hydroxylation sites is 2. The van der Waals surface area contributed by atoms with Crippen LogP contribution in [0.2, 0.25) is 0 Å². The zero-order chi connectivity index (χ0) is 17.6. The lowest BCUT2D eigenvalue weighted by Crippen LogP contribution is -2.30. The van der Waals surface area contributed by atoms with Gasteiger partial charge in [0.25, 0.3) is 5.82 Å². The first-order valence-corrected chi connectivity index (χ1v) is 8.44. The number of aryl methyl sites for hydroxylation is 4. The van der Waals surface area contributed by atoms with Crippen LogP contribution in [0.5, 0.6) is 0 Å². The topological polar surface area (TPSA) is 34.6 Å². The van der Waals surface area contributed by atoms with Gasteiger partial charge in [-0.3, -0.25) is 4.98 Å². The first-order chi connectivity index (χ1) is 12.1. The molecule has 2 aromatic carbocycles. The fraction of sp³-hybridized carbons (Fsp3) is 0.190. The van der Waals surface area contributed by atoms with E-state index in [4.69, 9.17) is 4.98 Å². The molecule has 0 N–H and O–H groups in total. The molecule has 0 radical (unpaired) electrons. The number of imidazole rings is 1. The molecule has 0 fully saturated rings. The van der Waals surface area contributed by atoms with Crippen LogP contribution in [0.4, 0.5) is 0 Å². The number of benzene rings is 2. The van der Waals surface area contributed by atoms with Gasteiger partial charge in [0.15, 0.2) is 11.0 Å². The highest BCUT2D eigenvalue weighted by Gasteiger charge is 2.28. The Balaban J connectivity index is 2.16. The average molecular weight is 329 g/mol. The summed E-state index contributed by atoms with van der Waals surface area (Å²) < 4.78 is 4.46. The zero-order valence-electron chi connectivity index (χ0n) is 15.0. The van der Waals surface area contributed by atoms with Crippen molar-refractivity contribution in [2.45, 2.75) is 20.8 Å². The number of nitrogens with zero attached hydrogens (tertiary/aromatic N) is 4. The van der Waals surface area contributed by atoms with Gasteiger partial charge in [0.2, 0.25) is 5.82 Å². The quantitative estimate of drug-likeness (QED) is 0.524. The lowest BCUT2D eigenvalue weighted by atomic mass is 10.1. The normalized spacial score (nSPS) is 11.2. The highest BCUT2D eigenvalue weighted by Crippen LogP contribution is 2.28. The molecule has 4 nitrogen and oxygen atoms in total. The van der Waals surface area contributed by atoms with Gasteiger partial charge < -0.3 is 0 Å². The second-order valence-corrected chi connectivity index (χ2v) is 6.44. The molecule has 4 rings (SSSR count). The van der Waals surface area contributed by atoms with Crippen molar-refractivity contribution in [2.24, 2.45) is 7.05 Å². The molecule has 0 saturated heterocycles. The summed E-state index contributed by atoms with van der Waals surface area (Å²) in [5.41, 5.74) is 6.59. The molecule has 0 spiro atoms. The Morgan fingerprint density at radius 3 is 2.40 bits per heavy atom. The number of fused-ring (bicyclic) bond motifs is 1. The summed E-state index contributed by atoms with van der Waals surface area (Å²) in [7, 11) is 2.11. The van der Waals surface area contributed by atoms with Gasteiger partial charge in [-0.2, -0.15) is 4.57 Å². The summed E-state index contributed by atoms with van der Waals surface area (Å²) >= 11 is 0. The van der Waals surface area contributed by atoms with E-state index in [1.807, 2.05) is 20.0 Å². The van der Waals surface area contributed by atoms with Crippen molar-refractivity contribution in [3.05, 3.63) is 71.7 Å². The molecule has 0 unspecified atom stereocenters. The summed E-state index contributed by atoms with van der Waals surface area (Å²) in [6, 6.07) is 16.9. The highest BCUT2D eigenvalue weighted by atomic mass is 15.2. The van der Waals surface area contributed by atoms with E-state index >= 15 is 0 Å². The van der Waals surface area contributed by atoms with Gasteiger partial charge in [0, 0.05) is 0 Å². The standard InChI is InChI=1S/C21H21N4/c1-14-9-5-6-10-17(14)21-24(4)18-11-7-8-12-19(18)25(21)20-16(3)23-15(2)13-22-20/h5-13H,1-4H3/q+1. The van der Waals surface area contributed by atoms with Gasteiger partial charge in [-0.15, -0.1) is 0 Å². The molecule has 0 aliphatic heterocycles. The Hall–Kier alpha value is -3.01. The lowest BCUT2D eigenvalue weighted by Gasteiger charge is -2.07. The number of hydrogen-bond acceptors (Lipinski definition) is 2. The van der Waals surface area contributed by atoms with Gasteiger partial charge in [-0.1, -0.05) is 30.3 Å². The molecule has 0 atom stereocenters. The maximum atomic E-state index is 4.71. The Morgan fingerprint density at radius 1 is 0.920 bits per heavy atom. The monoisotopic (exact) mass is 329 g/mol. The van der Waals surface area contributed by atoms with Crippen LogP contribution >= 0.6 is 0 Å². The van der Waals surface area contributed by atoms with E-state index in [0.29, 0.717) is 0 Å². The molecule has 2 aromatic heterocycles. The summed E-state index contributed by atoms with van der Waals surface area (Å²) in [6.45, 7) is 6.14.